The molecule has 0 bridgehead atoms. The van der Waals surface area contributed by atoms with E-state index in [1.165, 1.54) is 0 Å². The molecule has 1 fully saturated rings. The van der Waals surface area contributed by atoms with Crippen molar-refractivity contribution < 1.29 is 0 Å². The SMILES string of the molecule is CC(C)(C)C1CCC(C#N)C(n2cncn2)C1. The van der Waals surface area contributed by atoms with Gasteiger partial charge >= 0.3 is 0 Å². The van der Waals surface area contributed by atoms with Crippen LogP contribution < -0.4 is 0 Å². The van der Waals surface area contributed by atoms with Gasteiger partial charge < -0.3 is 0 Å². The van der Waals surface area contributed by atoms with Crippen molar-refractivity contribution in [1.82, 2.24) is 14.8 Å². The highest BCUT2D eigenvalue weighted by Crippen LogP contribution is 2.44. The molecule has 1 aromatic rings. The van der Waals surface area contributed by atoms with E-state index in [1.807, 2.05) is 4.68 Å². The number of hydrogen-bond acceptors (Lipinski definition) is 3. The zero-order valence-electron chi connectivity index (χ0n) is 10.8. The standard InChI is InChI=1S/C13H20N4/c1-13(2,3)11-5-4-10(7-14)12(6-11)17-9-15-8-16-17/h8-12H,4-6H2,1-3H3. The molecule has 0 saturated heterocycles. The fraction of sp³-hybridized carbons (Fsp3) is 0.769. The largest absolute Gasteiger partial charge is 0.249 e. The average molecular weight is 232 g/mol. The molecule has 0 amide bonds. The van der Waals surface area contributed by atoms with E-state index in [-0.39, 0.29) is 12.0 Å². The molecule has 92 valence electrons. The molecule has 0 N–H and O–H groups in total. The highest BCUT2D eigenvalue weighted by atomic mass is 15.3. The first-order valence-electron chi connectivity index (χ1n) is 6.26. The molecular formula is C13H20N4. The van der Waals surface area contributed by atoms with Gasteiger partial charge in [-0.3, -0.25) is 0 Å². The third kappa shape index (κ3) is 2.49. The van der Waals surface area contributed by atoms with Gasteiger partial charge in [0.05, 0.1) is 18.0 Å². The van der Waals surface area contributed by atoms with Gasteiger partial charge in [-0.2, -0.15) is 10.4 Å². The van der Waals surface area contributed by atoms with Gasteiger partial charge in [0.1, 0.15) is 12.7 Å². The molecule has 1 aliphatic rings. The van der Waals surface area contributed by atoms with Crippen LogP contribution in [0.2, 0.25) is 0 Å². The Morgan fingerprint density at radius 1 is 1.35 bits per heavy atom. The van der Waals surface area contributed by atoms with Crippen molar-refractivity contribution in [3.8, 4) is 6.07 Å². The van der Waals surface area contributed by atoms with Crippen molar-refractivity contribution in [3.63, 3.8) is 0 Å². The Labute approximate surface area is 103 Å². The van der Waals surface area contributed by atoms with Crippen molar-refractivity contribution in [2.24, 2.45) is 17.3 Å². The summed E-state index contributed by atoms with van der Waals surface area (Å²) >= 11 is 0. The number of rotatable bonds is 1. The maximum Gasteiger partial charge on any atom is 0.137 e. The third-order valence-corrected chi connectivity index (χ3v) is 3.98. The summed E-state index contributed by atoms with van der Waals surface area (Å²) in [6.07, 6.45) is 6.44. The van der Waals surface area contributed by atoms with Gasteiger partial charge in [0.15, 0.2) is 0 Å². The molecule has 0 radical (unpaired) electrons. The Balaban J connectivity index is 2.19. The first kappa shape index (κ1) is 12.1. The zero-order chi connectivity index (χ0) is 12.5. The van der Waals surface area contributed by atoms with Crippen LogP contribution >= 0.6 is 0 Å². The van der Waals surface area contributed by atoms with Gasteiger partial charge in [0.25, 0.3) is 0 Å². The van der Waals surface area contributed by atoms with Crippen LogP contribution in [0.1, 0.15) is 46.1 Å². The van der Waals surface area contributed by atoms with E-state index in [0.29, 0.717) is 11.3 Å². The van der Waals surface area contributed by atoms with Gasteiger partial charge in [-0.25, -0.2) is 9.67 Å². The van der Waals surface area contributed by atoms with E-state index in [0.717, 1.165) is 19.3 Å². The van der Waals surface area contributed by atoms with Crippen molar-refractivity contribution in [2.45, 2.75) is 46.1 Å². The summed E-state index contributed by atoms with van der Waals surface area (Å²) in [5.41, 5.74) is 0.305. The number of aromatic nitrogens is 3. The van der Waals surface area contributed by atoms with E-state index in [4.69, 9.17) is 0 Å². The fourth-order valence-electron chi connectivity index (χ4n) is 2.76. The number of hydrogen-bond donors (Lipinski definition) is 0. The Kier molecular flexibility index (Phi) is 3.19. The highest BCUT2D eigenvalue weighted by molar-refractivity contribution is 4.97. The highest BCUT2D eigenvalue weighted by Gasteiger charge is 2.37. The van der Waals surface area contributed by atoms with Gasteiger partial charge in [0.2, 0.25) is 0 Å². The molecule has 3 atom stereocenters. The van der Waals surface area contributed by atoms with E-state index >= 15 is 0 Å². The van der Waals surface area contributed by atoms with E-state index < -0.39 is 0 Å². The summed E-state index contributed by atoms with van der Waals surface area (Å²) in [6.45, 7) is 6.84. The lowest BCUT2D eigenvalue weighted by atomic mass is 9.68. The van der Waals surface area contributed by atoms with Crippen LogP contribution in [0.15, 0.2) is 12.7 Å². The second-order valence-electron chi connectivity index (χ2n) is 6.05. The van der Waals surface area contributed by atoms with Crippen LogP contribution in [0.3, 0.4) is 0 Å². The normalized spacial score (nSPS) is 29.9. The van der Waals surface area contributed by atoms with Crippen molar-refractivity contribution >= 4 is 0 Å². The number of nitrogens with zero attached hydrogens (tertiary/aromatic N) is 4. The lowest BCUT2D eigenvalue weighted by Crippen LogP contribution is -2.33. The van der Waals surface area contributed by atoms with Crippen LogP contribution in [0, 0.1) is 28.6 Å². The summed E-state index contributed by atoms with van der Waals surface area (Å²) < 4.78 is 1.87. The van der Waals surface area contributed by atoms with E-state index in [1.54, 1.807) is 12.7 Å². The first-order chi connectivity index (χ1) is 8.02. The predicted octanol–water partition coefficient (Wildman–Crippen LogP) is 2.81. The lowest BCUT2D eigenvalue weighted by Gasteiger charge is -2.39. The van der Waals surface area contributed by atoms with Crippen LogP contribution in [-0.4, -0.2) is 14.8 Å². The second-order valence-corrected chi connectivity index (χ2v) is 6.05. The number of nitriles is 1. The molecule has 0 aromatic carbocycles. The van der Waals surface area contributed by atoms with Crippen molar-refractivity contribution in [1.29, 1.82) is 5.26 Å². The van der Waals surface area contributed by atoms with Crippen molar-refractivity contribution in [2.75, 3.05) is 0 Å². The molecular weight excluding hydrogens is 212 g/mol. The smallest absolute Gasteiger partial charge is 0.137 e. The summed E-state index contributed by atoms with van der Waals surface area (Å²) in [7, 11) is 0. The van der Waals surface area contributed by atoms with Gasteiger partial charge in [-0.05, 0) is 30.6 Å². The molecule has 1 saturated carbocycles. The Bertz CT molecular complexity index is 396. The predicted molar refractivity (Wildman–Crippen MR) is 65.0 cm³/mol. The fourth-order valence-corrected chi connectivity index (χ4v) is 2.76. The lowest BCUT2D eigenvalue weighted by molar-refractivity contribution is 0.116. The maximum atomic E-state index is 9.24. The average Bonchev–Trinajstić information content (AvgIpc) is 2.80. The summed E-state index contributed by atoms with van der Waals surface area (Å²) in [5.74, 6) is 0.733. The monoisotopic (exact) mass is 232 g/mol. The molecule has 1 heterocycles. The molecule has 4 heteroatoms. The van der Waals surface area contributed by atoms with Crippen LogP contribution in [0.25, 0.3) is 0 Å². The quantitative estimate of drug-likeness (QED) is 0.748. The van der Waals surface area contributed by atoms with Crippen LogP contribution in [0.5, 0.6) is 0 Å². The Morgan fingerprint density at radius 2 is 2.12 bits per heavy atom. The van der Waals surface area contributed by atoms with Gasteiger partial charge in [-0.15, -0.1) is 0 Å². The van der Waals surface area contributed by atoms with E-state index in [9.17, 15) is 5.26 Å². The molecule has 17 heavy (non-hydrogen) atoms. The third-order valence-electron chi connectivity index (χ3n) is 3.98. The topological polar surface area (TPSA) is 54.5 Å². The molecule has 2 rings (SSSR count). The molecule has 0 aliphatic heterocycles. The molecule has 3 unspecified atom stereocenters. The van der Waals surface area contributed by atoms with E-state index in [2.05, 4.69) is 36.9 Å². The van der Waals surface area contributed by atoms with Crippen LogP contribution in [0.4, 0.5) is 0 Å². The van der Waals surface area contributed by atoms with Gasteiger partial charge in [-0.1, -0.05) is 20.8 Å². The minimum absolute atomic E-state index is 0.0790. The minimum atomic E-state index is 0.0790. The molecule has 0 spiro atoms. The summed E-state index contributed by atoms with van der Waals surface area (Å²) in [6, 6.07) is 2.62. The van der Waals surface area contributed by atoms with Crippen molar-refractivity contribution in [3.05, 3.63) is 12.7 Å². The minimum Gasteiger partial charge on any atom is -0.249 e. The van der Waals surface area contributed by atoms with Crippen LogP contribution in [-0.2, 0) is 0 Å². The molecule has 4 nitrogen and oxygen atoms in total. The zero-order valence-corrected chi connectivity index (χ0v) is 10.8. The molecule has 1 aromatic heterocycles. The summed E-state index contributed by atoms with van der Waals surface area (Å²) in [5, 5.41) is 13.4. The second kappa shape index (κ2) is 4.48. The maximum absolute atomic E-state index is 9.24. The Hall–Kier alpha value is -1.37. The summed E-state index contributed by atoms with van der Waals surface area (Å²) in [4.78, 5) is 4.00. The molecule has 1 aliphatic carbocycles. The first-order valence-corrected chi connectivity index (χ1v) is 6.26. The van der Waals surface area contributed by atoms with Gasteiger partial charge in [0, 0.05) is 0 Å². The Morgan fingerprint density at radius 3 is 2.65 bits per heavy atom.